The second-order valence-corrected chi connectivity index (χ2v) is 6.00. The lowest BCUT2D eigenvalue weighted by molar-refractivity contribution is 0.0761. The lowest BCUT2D eigenvalue weighted by Gasteiger charge is -2.23. The van der Waals surface area contributed by atoms with Gasteiger partial charge in [-0.3, -0.25) is 4.79 Å². The van der Waals surface area contributed by atoms with Gasteiger partial charge in [0.25, 0.3) is 5.91 Å². The number of hydrogen-bond donors (Lipinski definition) is 0. The molecule has 84 valence electrons. The van der Waals surface area contributed by atoms with Crippen molar-refractivity contribution in [3.05, 3.63) is 20.8 Å². The molecule has 0 fully saturated rings. The smallest absolute Gasteiger partial charge is 0.265 e. The van der Waals surface area contributed by atoms with Crippen molar-refractivity contribution in [1.82, 2.24) is 4.90 Å². The highest BCUT2D eigenvalue weighted by Gasteiger charge is 2.19. The first-order valence-corrected chi connectivity index (χ1v) is 7.63. The molecule has 0 aliphatic rings. The topological polar surface area (TPSA) is 20.3 Å². The van der Waals surface area contributed by atoms with Crippen LogP contribution in [-0.4, -0.2) is 35.9 Å². The van der Waals surface area contributed by atoms with Crippen LogP contribution >= 0.6 is 39.0 Å². The van der Waals surface area contributed by atoms with Crippen LogP contribution in [-0.2, 0) is 0 Å². The first-order valence-electron chi connectivity index (χ1n) is 4.57. The summed E-state index contributed by atoms with van der Waals surface area (Å²) >= 11 is 6.61. The Morgan fingerprint density at radius 1 is 1.73 bits per heavy atom. The predicted molar refractivity (Wildman–Crippen MR) is 72.0 cm³/mol. The minimum Gasteiger partial charge on any atom is -0.337 e. The van der Waals surface area contributed by atoms with Crippen molar-refractivity contribution in [2.24, 2.45) is 0 Å². The fourth-order valence-corrected chi connectivity index (χ4v) is 3.39. The normalized spacial score (nSPS) is 12.5. The molecule has 2 nitrogen and oxygen atoms in total. The lowest BCUT2D eigenvalue weighted by atomic mass is 10.3. The van der Waals surface area contributed by atoms with Crippen LogP contribution in [0.2, 0.25) is 0 Å². The molecule has 0 spiro atoms. The van der Waals surface area contributed by atoms with E-state index in [9.17, 15) is 4.79 Å². The highest BCUT2D eigenvalue weighted by atomic mass is 79.9. The second-order valence-electron chi connectivity index (χ2n) is 3.32. The van der Waals surface area contributed by atoms with E-state index in [2.05, 4.69) is 29.1 Å². The fraction of sp³-hybridized carbons (Fsp3) is 0.500. The van der Waals surface area contributed by atoms with Gasteiger partial charge in [-0.1, -0.05) is 0 Å². The monoisotopic (exact) mass is 307 g/mol. The van der Waals surface area contributed by atoms with Gasteiger partial charge in [0.1, 0.15) is 4.88 Å². The molecule has 1 heterocycles. The summed E-state index contributed by atoms with van der Waals surface area (Å²) in [7, 11) is 1.86. The van der Waals surface area contributed by atoms with Gasteiger partial charge in [0.2, 0.25) is 0 Å². The predicted octanol–water partition coefficient (Wildman–Crippen LogP) is 3.33. The van der Waals surface area contributed by atoms with Crippen LogP contribution in [0.15, 0.2) is 15.9 Å². The van der Waals surface area contributed by atoms with E-state index in [0.717, 1.165) is 15.1 Å². The molecular formula is C10H14BrNOS2. The Morgan fingerprint density at radius 2 is 2.40 bits per heavy atom. The number of halogens is 1. The number of hydrogen-bond acceptors (Lipinski definition) is 3. The number of thioether (sulfide) groups is 1. The zero-order valence-electron chi connectivity index (χ0n) is 8.99. The van der Waals surface area contributed by atoms with Gasteiger partial charge in [0, 0.05) is 23.3 Å². The SMILES string of the molecule is CSCC(C)N(C)C(=O)c1sccc1Br. The maximum Gasteiger partial charge on any atom is 0.265 e. The number of nitrogens with zero attached hydrogens (tertiary/aromatic N) is 1. The summed E-state index contributed by atoms with van der Waals surface area (Å²) in [5, 5.41) is 1.92. The van der Waals surface area contributed by atoms with E-state index in [0.29, 0.717) is 0 Å². The van der Waals surface area contributed by atoms with Crippen LogP contribution in [0, 0.1) is 0 Å². The highest BCUT2D eigenvalue weighted by Crippen LogP contribution is 2.24. The number of thiophene rings is 1. The molecule has 0 aromatic carbocycles. The second kappa shape index (κ2) is 5.92. The molecule has 5 heteroatoms. The van der Waals surface area contributed by atoms with E-state index >= 15 is 0 Å². The first kappa shape index (κ1) is 13.1. The lowest BCUT2D eigenvalue weighted by Crippen LogP contribution is -2.36. The molecule has 0 N–H and O–H groups in total. The number of carbonyl (C=O) groups excluding carboxylic acids is 1. The summed E-state index contributed by atoms with van der Waals surface area (Å²) in [4.78, 5) is 14.6. The molecule has 0 aliphatic heterocycles. The molecule has 1 rings (SSSR count). The number of carbonyl (C=O) groups is 1. The molecule has 15 heavy (non-hydrogen) atoms. The average molecular weight is 308 g/mol. The van der Waals surface area contributed by atoms with Crippen LogP contribution in [0.5, 0.6) is 0 Å². The van der Waals surface area contributed by atoms with Gasteiger partial charge in [0.15, 0.2) is 0 Å². The van der Waals surface area contributed by atoms with Crippen molar-refractivity contribution in [3.8, 4) is 0 Å². The zero-order valence-corrected chi connectivity index (χ0v) is 12.2. The highest BCUT2D eigenvalue weighted by molar-refractivity contribution is 9.10. The third kappa shape index (κ3) is 3.23. The third-order valence-corrected chi connectivity index (χ3v) is 4.84. The Bertz CT molecular complexity index is 340. The maximum absolute atomic E-state index is 12.0. The van der Waals surface area contributed by atoms with Gasteiger partial charge >= 0.3 is 0 Å². The van der Waals surface area contributed by atoms with Gasteiger partial charge < -0.3 is 4.90 Å². The largest absolute Gasteiger partial charge is 0.337 e. The number of rotatable bonds is 4. The fourth-order valence-electron chi connectivity index (χ4n) is 1.16. The third-order valence-electron chi connectivity index (χ3n) is 2.20. The van der Waals surface area contributed by atoms with Crippen molar-refractivity contribution >= 4 is 44.9 Å². The average Bonchev–Trinajstić information content (AvgIpc) is 2.62. The summed E-state index contributed by atoms with van der Waals surface area (Å²) in [6.45, 7) is 2.07. The molecule has 0 bridgehead atoms. The molecule has 0 aliphatic carbocycles. The van der Waals surface area contributed by atoms with Crippen LogP contribution in [0.25, 0.3) is 0 Å². The van der Waals surface area contributed by atoms with Crippen LogP contribution in [0.1, 0.15) is 16.6 Å². The Hall–Kier alpha value is -0.000000000000000111. The van der Waals surface area contributed by atoms with Gasteiger partial charge in [-0.15, -0.1) is 11.3 Å². The standard InChI is InChI=1S/C10H14BrNOS2/c1-7(6-14-3)12(2)10(13)9-8(11)4-5-15-9/h4-5,7H,6H2,1-3H3. The summed E-state index contributed by atoms with van der Waals surface area (Å²) < 4.78 is 0.890. The van der Waals surface area contributed by atoms with Crippen LogP contribution < -0.4 is 0 Å². The molecular weight excluding hydrogens is 294 g/mol. The molecule has 0 saturated heterocycles. The molecule has 0 saturated carbocycles. The molecule has 1 aromatic heterocycles. The van der Waals surface area contributed by atoms with Gasteiger partial charge in [-0.2, -0.15) is 11.8 Å². The summed E-state index contributed by atoms with van der Waals surface area (Å²) in [5.74, 6) is 1.06. The molecule has 0 radical (unpaired) electrons. The van der Waals surface area contributed by atoms with Gasteiger partial charge in [-0.05, 0) is 40.6 Å². The summed E-state index contributed by atoms with van der Waals surface area (Å²) in [6, 6.07) is 2.17. The summed E-state index contributed by atoms with van der Waals surface area (Å²) in [5.41, 5.74) is 0. The van der Waals surface area contributed by atoms with E-state index in [1.54, 1.807) is 16.7 Å². The van der Waals surface area contributed by atoms with E-state index in [-0.39, 0.29) is 11.9 Å². The quantitative estimate of drug-likeness (QED) is 0.850. The molecule has 1 aromatic rings. The van der Waals surface area contributed by atoms with Crippen LogP contribution in [0.3, 0.4) is 0 Å². The minimum atomic E-state index is 0.0958. The maximum atomic E-state index is 12.0. The Kier molecular flexibility index (Phi) is 5.15. The first-order chi connectivity index (χ1) is 7.07. The van der Waals surface area contributed by atoms with Crippen LogP contribution in [0.4, 0.5) is 0 Å². The Balaban J connectivity index is 2.73. The Labute approximate surface area is 107 Å². The molecule has 1 atom stereocenters. The van der Waals surface area contributed by atoms with Crippen molar-refractivity contribution < 1.29 is 4.79 Å². The van der Waals surface area contributed by atoms with Crippen molar-refractivity contribution in [1.29, 1.82) is 0 Å². The van der Waals surface area contributed by atoms with Crippen molar-refractivity contribution in [3.63, 3.8) is 0 Å². The zero-order chi connectivity index (χ0) is 11.4. The van der Waals surface area contributed by atoms with Gasteiger partial charge in [0.05, 0.1) is 0 Å². The van der Waals surface area contributed by atoms with E-state index in [1.807, 2.05) is 18.5 Å². The number of amides is 1. The summed E-state index contributed by atoms with van der Waals surface area (Å²) in [6.07, 6.45) is 2.05. The van der Waals surface area contributed by atoms with E-state index < -0.39 is 0 Å². The minimum absolute atomic E-state index is 0.0958. The van der Waals surface area contributed by atoms with Crippen molar-refractivity contribution in [2.75, 3.05) is 19.1 Å². The molecule has 1 unspecified atom stereocenters. The van der Waals surface area contributed by atoms with E-state index in [4.69, 9.17) is 0 Å². The van der Waals surface area contributed by atoms with Gasteiger partial charge in [-0.25, -0.2) is 0 Å². The van der Waals surface area contributed by atoms with Crippen molar-refractivity contribution in [2.45, 2.75) is 13.0 Å². The Morgan fingerprint density at radius 3 is 2.87 bits per heavy atom. The van der Waals surface area contributed by atoms with E-state index in [1.165, 1.54) is 11.3 Å². The molecule has 1 amide bonds.